The summed E-state index contributed by atoms with van der Waals surface area (Å²) in [4.78, 5) is 0. The molecular weight excluding hydrogens is 144 g/mol. The summed E-state index contributed by atoms with van der Waals surface area (Å²) in [5, 5.41) is 0. The second kappa shape index (κ2) is 9.44. The van der Waals surface area contributed by atoms with Gasteiger partial charge in [-0.2, -0.15) is 0 Å². The number of rotatable bonds is 5. The van der Waals surface area contributed by atoms with Gasteiger partial charge in [0.15, 0.2) is 0 Å². The van der Waals surface area contributed by atoms with E-state index >= 15 is 0 Å². The lowest BCUT2D eigenvalue weighted by molar-refractivity contribution is 1.85. The quantitative estimate of drug-likeness (QED) is 0.537. The smallest absolute Gasteiger partial charge is 0.0623 e. The molecule has 0 fully saturated rings. The zero-order chi connectivity index (χ0) is 9.07. The van der Waals surface area contributed by atoms with Crippen LogP contribution >= 0.6 is 0 Å². The summed E-state index contributed by atoms with van der Waals surface area (Å²) >= 11 is 0. The molecule has 0 unspecified atom stereocenters. The zero-order valence-corrected chi connectivity index (χ0v) is 7.06. The van der Waals surface area contributed by atoms with Crippen LogP contribution in [0.1, 0.15) is 0 Å². The molecule has 0 N–H and O–H groups in total. The minimum absolute atomic E-state index is 1.49. The number of allylic oxidation sites excluding steroid dienone is 10. The van der Waals surface area contributed by atoms with Crippen LogP contribution in [0.5, 0.6) is 0 Å². The van der Waals surface area contributed by atoms with Crippen molar-refractivity contribution in [1.82, 2.24) is 0 Å². The fourth-order valence-electron chi connectivity index (χ4n) is 0.528. The van der Waals surface area contributed by atoms with Crippen LogP contribution in [0, 0.1) is 6.58 Å². The maximum atomic E-state index is 5.12. The first-order valence-corrected chi connectivity index (χ1v) is 3.74. The Bertz CT molecular complexity index is 198. The molecule has 1 radical (unpaired) electrons. The van der Waals surface area contributed by atoms with Crippen molar-refractivity contribution in [2.24, 2.45) is 0 Å². The highest BCUT2D eigenvalue weighted by Crippen LogP contribution is 1.82. The van der Waals surface area contributed by atoms with Crippen molar-refractivity contribution in [3.63, 3.8) is 0 Å². The van der Waals surface area contributed by atoms with Gasteiger partial charge in [-0.25, -0.2) is 0 Å². The monoisotopic (exact) mass is 157 g/mol. The van der Waals surface area contributed by atoms with Gasteiger partial charge in [-0.3, -0.25) is 0 Å². The van der Waals surface area contributed by atoms with Crippen molar-refractivity contribution < 1.29 is 0 Å². The molecule has 0 aromatic heterocycles. The Kier molecular flexibility index (Phi) is 8.21. The number of hydrogen-bond acceptors (Lipinski definition) is 0. The second-order valence-electron chi connectivity index (χ2n) is 1.97. The van der Waals surface area contributed by atoms with Gasteiger partial charge in [0.2, 0.25) is 0 Å². The Balaban J connectivity index is 3.65. The van der Waals surface area contributed by atoms with E-state index in [0.29, 0.717) is 0 Å². The Morgan fingerprint density at radius 2 is 1.08 bits per heavy atom. The van der Waals surface area contributed by atoms with Crippen molar-refractivity contribution in [1.29, 1.82) is 0 Å². The van der Waals surface area contributed by atoms with E-state index in [0.717, 1.165) is 0 Å². The lowest BCUT2D eigenvalue weighted by Gasteiger charge is -1.72. The van der Waals surface area contributed by atoms with E-state index in [1.54, 1.807) is 12.2 Å². The third-order valence-corrected chi connectivity index (χ3v) is 1.02. The fourth-order valence-corrected chi connectivity index (χ4v) is 0.528. The normalized spacial score (nSPS) is 12.3. The van der Waals surface area contributed by atoms with E-state index in [4.69, 9.17) is 6.58 Å². The first-order chi connectivity index (χ1) is 5.91. The van der Waals surface area contributed by atoms with Gasteiger partial charge in [0.1, 0.15) is 0 Å². The summed E-state index contributed by atoms with van der Waals surface area (Å²) in [5.74, 6) is 0. The molecule has 61 valence electrons. The van der Waals surface area contributed by atoms with Crippen LogP contribution in [0.15, 0.2) is 67.3 Å². The van der Waals surface area contributed by atoms with Gasteiger partial charge in [0.25, 0.3) is 0 Å². The molecule has 12 heavy (non-hydrogen) atoms. The summed E-state index contributed by atoms with van der Waals surface area (Å²) in [6.45, 7) is 8.67. The molecule has 0 saturated heterocycles. The lowest BCUT2D eigenvalue weighted by Crippen LogP contribution is -1.50. The molecule has 0 heteroatoms. The molecule has 0 bridgehead atoms. The minimum atomic E-state index is 1.49. The maximum Gasteiger partial charge on any atom is -0.0623 e. The largest absolute Gasteiger partial charge is 0.0991 e. The molecule has 0 saturated carbocycles. The molecule has 0 aliphatic carbocycles. The van der Waals surface area contributed by atoms with E-state index in [2.05, 4.69) is 6.58 Å². The number of hydrogen-bond donors (Lipinski definition) is 0. The standard InChI is InChI=1S/C12H13/c1-3-5-7-9-11-12-10-8-6-4-2/h1,3-12H,2H2/b3-1?,7-5+,8-6+,11-9+,12-10+. The average molecular weight is 157 g/mol. The third kappa shape index (κ3) is 8.44. The predicted octanol–water partition coefficient (Wildman–Crippen LogP) is 3.39. The maximum absolute atomic E-state index is 5.12. The molecule has 0 nitrogen and oxygen atoms in total. The van der Waals surface area contributed by atoms with Crippen LogP contribution in [0.4, 0.5) is 0 Å². The molecule has 0 aliphatic rings. The van der Waals surface area contributed by atoms with Gasteiger partial charge in [0.05, 0.1) is 0 Å². The first kappa shape index (κ1) is 10.4. The molecule has 0 aromatic rings. The topological polar surface area (TPSA) is 0 Å². The Morgan fingerprint density at radius 3 is 1.50 bits per heavy atom. The molecular formula is C12H13. The van der Waals surface area contributed by atoms with Crippen LogP contribution in [-0.4, -0.2) is 0 Å². The molecule has 0 spiro atoms. The molecule has 0 atom stereocenters. The van der Waals surface area contributed by atoms with Crippen LogP contribution in [-0.2, 0) is 0 Å². The summed E-state index contributed by atoms with van der Waals surface area (Å²) in [7, 11) is 0. The van der Waals surface area contributed by atoms with Crippen molar-refractivity contribution in [3.05, 3.63) is 73.9 Å². The Morgan fingerprint density at radius 1 is 0.667 bits per heavy atom. The van der Waals surface area contributed by atoms with Crippen molar-refractivity contribution >= 4 is 0 Å². The van der Waals surface area contributed by atoms with Crippen LogP contribution in [0.3, 0.4) is 0 Å². The van der Waals surface area contributed by atoms with Gasteiger partial charge in [-0.1, -0.05) is 73.9 Å². The van der Waals surface area contributed by atoms with Gasteiger partial charge in [-0.15, -0.1) is 0 Å². The summed E-state index contributed by atoms with van der Waals surface area (Å²) in [5.41, 5.74) is 0. The van der Waals surface area contributed by atoms with Gasteiger partial charge < -0.3 is 0 Å². The SMILES string of the molecule is [CH]=C/C=C/C=C/C=C/C=C/C=C. The van der Waals surface area contributed by atoms with Gasteiger partial charge in [0, 0.05) is 0 Å². The van der Waals surface area contributed by atoms with E-state index in [-0.39, 0.29) is 0 Å². The zero-order valence-electron chi connectivity index (χ0n) is 7.06. The lowest BCUT2D eigenvalue weighted by atomic mass is 10.4. The van der Waals surface area contributed by atoms with E-state index in [1.165, 1.54) is 6.08 Å². The molecule has 0 aliphatic heterocycles. The predicted molar refractivity (Wildman–Crippen MR) is 55.6 cm³/mol. The second-order valence-corrected chi connectivity index (χ2v) is 1.97. The van der Waals surface area contributed by atoms with Crippen LogP contribution < -0.4 is 0 Å². The highest BCUT2D eigenvalue weighted by Gasteiger charge is 1.60. The Labute approximate surface area is 74.6 Å². The molecule has 0 heterocycles. The summed E-state index contributed by atoms with van der Waals surface area (Å²) in [6, 6.07) is 0. The van der Waals surface area contributed by atoms with Gasteiger partial charge in [-0.05, 0) is 0 Å². The first-order valence-electron chi connectivity index (χ1n) is 3.74. The van der Waals surface area contributed by atoms with Crippen molar-refractivity contribution in [3.8, 4) is 0 Å². The van der Waals surface area contributed by atoms with Gasteiger partial charge >= 0.3 is 0 Å². The summed E-state index contributed by atoms with van der Waals surface area (Å²) in [6.07, 6.45) is 18.3. The molecule has 0 rings (SSSR count). The van der Waals surface area contributed by atoms with E-state index < -0.39 is 0 Å². The molecule has 0 amide bonds. The fraction of sp³-hybridized carbons (Fsp3) is 0. The average Bonchev–Trinajstić information content (AvgIpc) is 2.10. The Hall–Kier alpha value is -1.56. The van der Waals surface area contributed by atoms with Crippen LogP contribution in [0.2, 0.25) is 0 Å². The van der Waals surface area contributed by atoms with E-state index in [1.807, 2.05) is 42.5 Å². The summed E-state index contributed by atoms with van der Waals surface area (Å²) < 4.78 is 0. The minimum Gasteiger partial charge on any atom is -0.0991 e. The third-order valence-electron chi connectivity index (χ3n) is 1.02. The van der Waals surface area contributed by atoms with E-state index in [9.17, 15) is 0 Å². The van der Waals surface area contributed by atoms with Crippen molar-refractivity contribution in [2.75, 3.05) is 0 Å². The molecule has 0 aromatic carbocycles. The van der Waals surface area contributed by atoms with Crippen molar-refractivity contribution in [2.45, 2.75) is 0 Å². The van der Waals surface area contributed by atoms with Crippen LogP contribution in [0.25, 0.3) is 0 Å². The highest BCUT2D eigenvalue weighted by molar-refractivity contribution is 5.18. The highest BCUT2D eigenvalue weighted by atomic mass is 13.7.